The summed E-state index contributed by atoms with van der Waals surface area (Å²) in [5.74, 6) is -2.34. The van der Waals surface area contributed by atoms with E-state index in [1.165, 1.54) is 4.57 Å². The number of para-hydroxylation sites is 1. The molecular weight excluding hydrogens is 479 g/mol. The van der Waals surface area contributed by atoms with Gasteiger partial charge in [0.05, 0.1) is 27.3 Å². The zero-order valence-corrected chi connectivity index (χ0v) is 19.8. The summed E-state index contributed by atoms with van der Waals surface area (Å²) < 4.78 is 20.3. The van der Waals surface area contributed by atoms with Crippen molar-refractivity contribution in [2.75, 3.05) is 17.7 Å². The van der Waals surface area contributed by atoms with Crippen LogP contribution in [-0.2, 0) is 20.9 Å². The van der Waals surface area contributed by atoms with Crippen molar-refractivity contribution in [2.24, 2.45) is 5.92 Å². The average Bonchev–Trinajstić information content (AvgIpc) is 2.82. The summed E-state index contributed by atoms with van der Waals surface area (Å²) in [4.78, 5) is 51.8. The molecule has 2 aromatic carbocycles. The molecule has 12 heteroatoms. The van der Waals surface area contributed by atoms with Crippen LogP contribution in [0.4, 0.5) is 15.8 Å². The lowest BCUT2D eigenvalue weighted by atomic mass is 10.1. The predicted octanol–water partition coefficient (Wildman–Crippen LogP) is 3.76. The number of thioether (sulfide) groups is 1. The van der Waals surface area contributed by atoms with Crippen LogP contribution in [-0.4, -0.2) is 38.7 Å². The predicted molar refractivity (Wildman–Crippen MR) is 129 cm³/mol. The Balaban J connectivity index is 1.63. The largest absolute Gasteiger partial charge is 0.455 e. The number of fused-ring (bicyclic) bond motifs is 1. The number of amides is 1. The number of carbonyl (C=O) groups excluding carboxylic acids is 2. The van der Waals surface area contributed by atoms with Crippen LogP contribution in [0.5, 0.6) is 0 Å². The van der Waals surface area contributed by atoms with E-state index in [1.807, 2.05) is 13.8 Å². The van der Waals surface area contributed by atoms with Crippen LogP contribution < -0.4 is 10.9 Å². The second kappa shape index (κ2) is 11.6. The van der Waals surface area contributed by atoms with Gasteiger partial charge in [0.2, 0.25) is 0 Å². The van der Waals surface area contributed by atoms with Crippen molar-refractivity contribution in [1.29, 1.82) is 0 Å². The van der Waals surface area contributed by atoms with Gasteiger partial charge in [-0.15, -0.1) is 0 Å². The summed E-state index contributed by atoms with van der Waals surface area (Å²) in [6.07, 6.45) is 0.742. The van der Waals surface area contributed by atoms with Gasteiger partial charge in [-0.05, 0) is 30.5 Å². The lowest BCUT2D eigenvalue weighted by molar-refractivity contribution is -0.384. The Morgan fingerprint density at radius 1 is 1.26 bits per heavy atom. The molecule has 0 aliphatic rings. The van der Waals surface area contributed by atoms with Crippen molar-refractivity contribution in [1.82, 2.24) is 9.55 Å². The van der Waals surface area contributed by atoms with E-state index in [2.05, 4.69) is 10.3 Å². The second-order valence-electron chi connectivity index (χ2n) is 7.97. The van der Waals surface area contributed by atoms with Gasteiger partial charge >= 0.3 is 5.97 Å². The van der Waals surface area contributed by atoms with E-state index in [0.717, 1.165) is 36.4 Å². The molecule has 0 bridgehead atoms. The third-order valence-corrected chi connectivity index (χ3v) is 5.82. The molecule has 1 amide bonds. The monoisotopic (exact) mass is 502 g/mol. The van der Waals surface area contributed by atoms with E-state index in [9.17, 15) is 28.9 Å². The smallest absolute Gasteiger partial charge is 0.316 e. The topological polar surface area (TPSA) is 133 Å². The van der Waals surface area contributed by atoms with Gasteiger partial charge in [-0.1, -0.05) is 37.7 Å². The third-order valence-electron chi connectivity index (χ3n) is 4.87. The van der Waals surface area contributed by atoms with Crippen molar-refractivity contribution in [3.63, 3.8) is 0 Å². The number of esters is 1. The van der Waals surface area contributed by atoms with E-state index >= 15 is 0 Å². The lowest BCUT2D eigenvalue weighted by Gasteiger charge is -2.14. The average molecular weight is 503 g/mol. The van der Waals surface area contributed by atoms with E-state index in [-0.39, 0.29) is 11.3 Å². The minimum absolute atomic E-state index is 0.203. The number of hydrogen-bond donors (Lipinski definition) is 1. The normalized spacial score (nSPS) is 11.0. The van der Waals surface area contributed by atoms with Crippen LogP contribution in [0.25, 0.3) is 10.9 Å². The molecule has 0 saturated carbocycles. The molecule has 3 rings (SSSR count). The molecule has 0 unspecified atom stereocenters. The maximum absolute atomic E-state index is 13.8. The summed E-state index contributed by atoms with van der Waals surface area (Å²) in [6.45, 7) is 3.79. The molecule has 0 saturated heterocycles. The minimum Gasteiger partial charge on any atom is -0.455 e. The standard InChI is InChI=1S/C23H23FN4O6S/c1-14(2)9-10-27-22(31)16-5-3-4-6-18(16)26-23(27)35-13-21(30)34-12-20(29)25-19-11-15(28(32)33)7-8-17(19)24/h3-8,11,14H,9-10,12-13H2,1-2H3,(H,25,29). The Morgan fingerprint density at radius 3 is 2.71 bits per heavy atom. The first-order valence-corrected chi connectivity index (χ1v) is 11.7. The molecular formula is C23H23FN4O6S. The lowest BCUT2D eigenvalue weighted by Crippen LogP contribution is -2.25. The quantitative estimate of drug-likeness (QED) is 0.146. The molecule has 184 valence electrons. The number of benzene rings is 2. The number of nitrogens with zero attached hydrogens (tertiary/aromatic N) is 3. The van der Waals surface area contributed by atoms with Gasteiger partial charge in [-0.2, -0.15) is 0 Å². The maximum atomic E-state index is 13.8. The molecule has 0 fully saturated rings. The summed E-state index contributed by atoms with van der Waals surface area (Å²) in [5, 5.41) is 13.8. The van der Waals surface area contributed by atoms with Gasteiger partial charge < -0.3 is 10.1 Å². The van der Waals surface area contributed by atoms with Gasteiger partial charge in [0.25, 0.3) is 17.2 Å². The molecule has 1 aromatic heterocycles. The number of carbonyl (C=O) groups is 2. The van der Waals surface area contributed by atoms with Gasteiger partial charge in [0.1, 0.15) is 5.82 Å². The second-order valence-corrected chi connectivity index (χ2v) is 8.91. The Morgan fingerprint density at radius 2 is 2.00 bits per heavy atom. The fourth-order valence-electron chi connectivity index (χ4n) is 3.06. The third kappa shape index (κ3) is 6.85. The fourth-order valence-corrected chi connectivity index (χ4v) is 3.89. The maximum Gasteiger partial charge on any atom is 0.316 e. The van der Waals surface area contributed by atoms with E-state index in [4.69, 9.17) is 4.74 Å². The number of ether oxygens (including phenoxy) is 1. The number of aromatic nitrogens is 2. The molecule has 1 heterocycles. The molecule has 0 radical (unpaired) electrons. The molecule has 0 atom stereocenters. The summed E-state index contributed by atoms with van der Waals surface area (Å²) in [6, 6.07) is 9.61. The molecule has 1 N–H and O–H groups in total. The van der Waals surface area contributed by atoms with Crippen LogP contribution in [0.3, 0.4) is 0 Å². The number of halogens is 1. The first kappa shape index (κ1) is 25.8. The fraction of sp³-hybridized carbons (Fsp3) is 0.304. The van der Waals surface area contributed by atoms with Crippen molar-refractivity contribution < 1.29 is 23.6 Å². The zero-order valence-electron chi connectivity index (χ0n) is 19.0. The molecule has 35 heavy (non-hydrogen) atoms. The number of non-ortho nitro benzene ring substituents is 1. The van der Waals surface area contributed by atoms with Crippen molar-refractivity contribution >= 4 is 45.9 Å². The van der Waals surface area contributed by atoms with Crippen molar-refractivity contribution in [2.45, 2.75) is 32.0 Å². The van der Waals surface area contributed by atoms with E-state index in [1.54, 1.807) is 24.3 Å². The molecule has 3 aromatic rings. The number of nitrogens with one attached hydrogen (secondary N) is 1. The molecule has 0 aliphatic carbocycles. The van der Waals surface area contributed by atoms with Crippen molar-refractivity contribution in [3.05, 3.63) is 68.7 Å². The number of hydrogen-bond acceptors (Lipinski definition) is 8. The Labute approximate surface area is 203 Å². The number of nitro benzene ring substituents is 1. The summed E-state index contributed by atoms with van der Waals surface area (Å²) in [5.41, 5.74) is -0.497. The summed E-state index contributed by atoms with van der Waals surface area (Å²) in [7, 11) is 0. The van der Waals surface area contributed by atoms with Gasteiger partial charge in [0.15, 0.2) is 11.8 Å². The van der Waals surface area contributed by atoms with Gasteiger partial charge in [-0.3, -0.25) is 29.1 Å². The molecule has 10 nitrogen and oxygen atoms in total. The van der Waals surface area contributed by atoms with Crippen molar-refractivity contribution in [3.8, 4) is 0 Å². The van der Waals surface area contributed by atoms with Crippen LogP contribution in [0.1, 0.15) is 20.3 Å². The van der Waals surface area contributed by atoms with Gasteiger partial charge in [-0.25, -0.2) is 9.37 Å². The van der Waals surface area contributed by atoms with Crippen LogP contribution in [0.2, 0.25) is 0 Å². The Hall–Kier alpha value is -3.80. The van der Waals surface area contributed by atoms with E-state index in [0.29, 0.717) is 28.5 Å². The first-order valence-electron chi connectivity index (χ1n) is 10.7. The zero-order chi connectivity index (χ0) is 25.5. The minimum atomic E-state index is -0.868. The molecule has 0 aliphatic heterocycles. The Bertz CT molecular complexity index is 1330. The van der Waals surface area contributed by atoms with Crippen LogP contribution in [0, 0.1) is 21.8 Å². The molecule has 0 spiro atoms. The number of nitro groups is 1. The highest BCUT2D eigenvalue weighted by atomic mass is 32.2. The van der Waals surface area contributed by atoms with Gasteiger partial charge in [0, 0.05) is 18.7 Å². The first-order chi connectivity index (χ1) is 16.7. The van der Waals surface area contributed by atoms with Crippen LogP contribution in [0.15, 0.2) is 52.4 Å². The highest BCUT2D eigenvalue weighted by Crippen LogP contribution is 2.22. The highest BCUT2D eigenvalue weighted by molar-refractivity contribution is 7.99. The van der Waals surface area contributed by atoms with Crippen LogP contribution >= 0.6 is 11.8 Å². The summed E-state index contributed by atoms with van der Waals surface area (Å²) >= 11 is 1.01. The number of rotatable bonds is 10. The SMILES string of the molecule is CC(C)CCn1c(SCC(=O)OCC(=O)Nc2cc([N+](=O)[O-])ccc2F)nc2ccccc2c1=O. The number of anilines is 1. The Kier molecular flexibility index (Phi) is 8.53. The highest BCUT2D eigenvalue weighted by Gasteiger charge is 2.17. The van der Waals surface area contributed by atoms with E-state index < -0.39 is 40.6 Å².